The van der Waals surface area contributed by atoms with Crippen molar-refractivity contribution in [2.24, 2.45) is 4.99 Å². The number of benzene rings is 4. The maximum Gasteiger partial charge on any atom is 0.266 e. The van der Waals surface area contributed by atoms with E-state index >= 15 is 0 Å². The van der Waals surface area contributed by atoms with Crippen LogP contribution in [0.2, 0.25) is 5.02 Å². The maximum absolute atomic E-state index is 13.8. The van der Waals surface area contributed by atoms with Crippen LogP contribution in [0.4, 0.5) is 15.8 Å². The molecule has 44 heavy (non-hydrogen) atoms. The Bertz CT molecular complexity index is 1910. The van der Waals surface area contributed by atoms with E-state index in [2.05, 4.69) is 16.4 Å². The normalized spacial score (nSPS) is 15.0. The third-order valence-electron chi connectivity index (χ3n) is 6.91. The predicted molar refractivity (Wildman–Crippen MR) is 175 cm³/mol. The molecule has 2 heterocycles. The zero-order chi connectivity index (χ0) is 30.5. The van der Waals surface area contributed by atoms with E-state index in [9.17, 15) is 14.0 Å². The minimum atomic E-state index is -0.538. The summed E-state index contributed by atoms with van der Waals surface area (Å²) in [6.07, 6.45) is 4.40. The number of thioether (sulfide) groups is 1. The van der Waals surface area contributed by atoms with Crippen molar-refractivity contribution in [3.8, 4) is 5.75 Å². The summed E-state index contributed by atoms with van der Waals surface area (Å²) in [4.78, 5) is 36.2. The lowest BCUT2D eigenvalue weighted by Gasteiger charge is -2.15. The molecular formula is C34H26ClFN4O3S. The number of amidine groups is 1. The summed E-state index contributed by atoms with van der Waals surface area (Å²) in [5.74, 6) is -0.923. The Kier molecular flexibility index (Phi) is 8.76. The van der Waals surface area contributed by atoms with Gasteiger partial charge in [0, 0.05) is 23.6 Å². The van der Waals surface area contributed by atoms with Crippen LogP contribution < -0.4 is 10.1 Å². The first-order chi connectivity index (χ1) is 21.4. The largest absolute Gasteiger partial charge is 0.482 e. The first-order valence-electron chi connectivity index (χ1n) is 13.8. The summed E-state index contributed by atoms with van der Waals surface area (Å²) in [6, 6.07) is 28.5. The molecule has 1 aromatic heterocycles. The number of aromatic amines is 1. The van der Waals surface area contributed by atoms with E-state index in [0.29, 0.717) is 28.6 Å². The number of carbonyl (C=O) groups is 2. The number of carbonyl (C=O) groups excluding carboxylic acids is 2. The molecule has 0 saturated carbocycles. The molecule has 2 N–H and O–H groups in total. The van der Waals surface area contributed by atoms with Gasteiger partial charge in [0.05, 0.1) is 21.3 Å². The van der Waals surface area contributed by atoms with Crippen LogP contribution in [0, 0.1) is 5.82 Å². The van der Waals surface area contributed by atoms with Gasteiger partial charge in [0.25, 0.3) is 11.8 Å². The van der Waals surface area contributed by atoms with Gasteiger partial charge in [0.2, 0.25) is 0 Å². The zero-order valence-corrected chi connectivity index (χ0v) is 24.9. The molecule has 7 nitrogen and oxygen atoms in total. The van der Waals surface area contributed by atoms with Crippen molar-refractivity contribution < 1.29 is 18.7 Å². The Morgan fingerprint density at radius 3 is 2.61 bits per heavy atom. The quantitative estimate of drug-likeness (QED) is 0.164. The van der Waals surface area contributed by atoms with Crippen molar-refractivity contribution in [3.05, 3.63) is 130 Å². The number of aromatic nitrogens is 1. The minimum absolute atomic E-state index is 0.0681. The van der Waals surface area contributed by atoms with Gasteiger partial charge in [0.1, 0.15) is 11.6 Å². The number of para-hydroxylation sites is 3. The minimum Gasteiger partial charge on any atom is -0.482 e. The number of amides is 2. The molecule has 0 bridgehead atoms. The Balaban J connectivity index is 1.17. The SMILES string of the molecule is O=C(COc1ccc(/C=C2\SC(=Nc3ccccc3)N(CCc3c[nH]c4ccccc34)C2=O)cc1Cl)Nc1ccccc1F. The van der Waals surface area contributed by atoms with Crippen LogP contribution in [0.3, 0.4) is 0 Å². The summed E-state index contributed by atoms with van der Waals surface area (Å²) in [6.45, 7) is 0.104. The molecular weight excluding hydrogens is 599 g/mol. The summed E-state index contributed by atoms with van der Waals surface area (Å²) in [7, 11) is 0. The van der Waals surface area contributed by atoms with Crippen LogP contribution in [0.1, 0.15) is 11.1 Å². The molecule has 0 aliphatic carbocycles. The third-order valence-corrected chi connectivity index (χ3v) is 8.21. The van der Waals surface area contributed by atoms with Crippen molar-refractivity contribution in [1.29, 1.82) is 0 Å². The Labute approximate surface area is 262 Å². The molecule has 1 fully saturated rings. The molecule has 0 radical (unpaired) electrons. The van der Waals surface area contributed by atoms with E-state index in [0.717, 1.165) is 22.2 Å². The zero-order valence-electron chi connectivity index (χ0n) is 23.3. The number of aliphatic imine (C=N–C) groups is 1. The topological polar surface area (TPSA) is 86.8 Å². The van der Waals surface area contributed by atoms with Crippen LogP contribution in [-0.2, 0) is 16.0 Å². The number of halogens is 2. The number of ether oxygens (including phenoxy) is 1. The van der Waals surface area contributed by atoms with Gasteiger partial charge >= 0.3 is 0 Å². The second kappa shape index (κ2) is 13.2. The number of hydrogen-bond donors (Lipinski definition) is 2. The monoisotopic (exact) mass is 624 g/mol. The van der Waals surface area contributed by atoms with Crippen LogP contribution in [0.25, 0.3) is 17.0 Å². The van der Waals surface area contributed by atoms with Crippen molar-refractivity contribution >= 4 is 68.7 Å². The van der Waals surface area contributed by atoms with Crippen molar-refractivity contribution in [1.82, 2.24) is 9.88 Å². The van der Waals surface area contributed by atoms with E-state index in [1.807, 2.05) is 54.7 Å². The molecule has 4 aromatic carbocycles. The van der Waals surface area contributed by atoms with Crippen LogP contribution in [0.15, 0.2) is 113 Å². The van der Waals surface area contributed by atoms with E-state index in [1.165, 1.54) is 30.0 Å². The molecule has 2 amide bonds. The molecule has 220 valence electrons. The lowest BCUT2D eigenvalue weighted by Crippen LogP contribution is -2.31. The average Bonchev–Trinajstić information content (AvgIpc) is 3.57. The van der Waals surface area contributed by atoms with E-state index < -0.39 is 11.7 Å². The summed E-state index contributed by atoms with van der Waals surface area (Å²) >= 11 is 7.77. The van der Waals surface area contributed by atoms with Crippen LogP contribution in [-0.4, -0.2) is 40.0 Å². The van der Waals surface area contributed by atoms with Gasteiger partial charge in [-0.25, -0.2) is 9.38 Å². The number of rotatable bonds is 9. The highest BCUT2D eigenvalue weighted by Crippen LogP contribution is 2.36. The first kappa shape index (κ1) is 29.2. The van der Waals surface area contributed by atoms with Gasteiger partial charge in [0.15, 0.2) is 11.8 Å². The lowest BCUT2D eigenvalue weighted by atomic mass is 10.1. The average molecular weight is 625 g/mol. The number of H-pyrrole nitrogens is 1. The van der Waals surface area contributed by atoms with Crippen molar-refractivity contribution in [2.75, 3.05) is 18.5 Å². The number of nitrogens with one attached hydrogen (secondary N) is 2. The van der Waals surface area contributed by atoms with Crippen molar-refractivity contribution in [2.45, 2.75) is 6.42 Å². The molecule has 5 aromatic rings. The van der Waals surface area contributed by atoms with Gasteiger partial charge in [-0.3, -0.25) is 14.5 Å². The van der Waals surface area contributed by atoms with Gasteiger partial charge < -0.3 is 15.0 Å². The molecule has 1 saturated heterocycles. The molecule has 6 rings (SSSR count). The Hall–Kier alpha value is -4.86. The molecule has 0 spiro atoms. The fraction of sp³-hybridized carbons (Fsp3) is 0.0882. The number of anilines is 1. The van der Waals surface area contributed by atoms with Crippen LogP contribution in [0.5, 0.6) is 5.75 Å². The van der Waals surface area contributed by atoms with E-state index in [-0.39, 0.29) is 29.0 Å². The predicted octanol–water partition coefficient (Wildman–Crippen LogP) is 7.82. The lowest BCUT2D eigenvalue weighted by molar-refractivity contribution is -0.122. The van der Waals surface area contributed by atoms with Gasteiger partial charge in [-0.15, -0.1) is 0 Å². The summed E-state index contributed by atoms with van der Waals surface area (Å²) in [5, 5.41) is 4.46. The Morgan fingerprint density at radius 1 is 1.02 bits per heavy atom. The third kappa shape index (κ3) is 6.69. The number of fused-ring (bicyclic) bond motifs is 1. The van der Waals surface area contributed by atoms with Crippen LogP contribution >= 0.6 is 23.4 Å². The first-order valence-corrected chi connectivity index (χ1v) is 15.0. The van der Waals surface area contributed by atoms with Gasteiger partial charge in [-0.1, -0.05) is 66.2 Å². The highest BCUT2D eigenvalue weighted by atomic mass is 35.5. The second-order valence-electron chi connectivity index (χ2n) is 9.91. The molecule has 10 heteroatoms. The second-order valence-corrected chi connectivity index (χ2v) is 11.3. The van der Waals surface area contributed by atoms with Crippen molar-refractivity contribution in [3.63, 3.8) is 0 Å². The van der Waals surface area contributed by atoms with E-state index in [4.69, 9.17) is 21.3 Å². The highest BCUT2D eigenvalue weighted by molar-refractivity contribution is 8.18. The summed E-state index contributed by atoms with van der Waals surface area (Å²) < 4.78 is 19.4. The van der Waals surface area contributed by atoms with Gasteiger partial charge in [-0.05, 0) is 77.9 Å². The highest BCUT2D eigenvalue weighted by Gasteiger charge is 2.33. The molecule has 0 atom stereocenters. The smallest absolute Gasteiger partial charge is 0.266 e. The number of hydrogen-bond acceptors (Lipinski definition) is 5. The summed E-state index contributed by atoms with van der Waals surface area (Å²) in [5.41, 5.74) is 3.69. The molecule has 0 unspecified atom stereocenters. The fourth-order valence-electron chi connectivity index (χ4n) is 4.74. The fourth-order valence-corrected chi connectivity index (χ4v) is 6.01. The standard InChI is InChI=1S/C34H26ClFN4O3S/c35-26-18-22(14-15-30(26)43-21-32(41)39-29-13-7-5-11-27(29)36)19-31-33(42)40(34(44-31)38-24-8-2-1-3-9-24)17-16-23-20-37-28-12-6-4-10-25(23)28/h1-15,18-20,37H,16-17,21H2,(H,39,41)/b31-19-,38-34?. The molecule has 1 aliphatic heterocycles. The molecule has 1 aliphatic rings. The van der Waals surface area contributed by atoms with Gasteiger partial charge in [-0.2, -0.15) is 0 Å². The maximum atomic E-state index is 13.8. The Morgan fingerprint density at radius 2 is 1.80 bits per heavy atom. The number of nitrogens with zero attached hydrogens (tertiary/aromatic N) is 2. The van der Waals surface area contributed by atoms with E-state index in [1.54, 1.807) is 35.2 Å².